The summed E-state index contributed by atoms with van der Waals surface area (Å²) in [6.07, 6.45) is 4.69. The van der Waals surface area contributed by atoms with E-state index in [-0.39, 0.29) is 4.90 Å². The zero-order chi connectivity index (χ0) is 22.6. The quantitative estimate of drug-likeness (QED) is 0.351. The summed E-state index contributed by atoms with van der Waals surface area (Å²) in [5.74, 6) is 1.06. The largest absolute Gasteiger partial charge is 0.364 e. The van der Waals surface area contributed by atoms with Crippen molar-refractivity contribution in [1.29, 1.82) is 0 Å². The summed E-state index contributed by atoms with van der Waals surface area (Å²) in [5.41, 5.74) is 4.25. The number of nitrogens with zero attached hydrogens (tertiary/aromatic N) is 4. The van der Waals surface area contributed by atoms with Crippen LogP contribution in [-0.2, 0) is 17.6 Å². The molecule has 5 rings (SSSR count). The summed E-state index contributed by atoms with van der Waals surface area (Å²) in [6.45, 7) is 0.481. The average Bonchev–Trinajstić information content (AvgIpc) is 2.88. The van der Waals surface area contributed by atoms with E-state index in [1.54, 1.807) is 18.5 Å². The summed E-state index contributed by atoms with van der Waals surface area (Å²) < 4.78 is 21.0. The first-order valence-electron chi connectivity index (χ1n) is 10.3. The van der Waals surface area contributed by atoms with Gasteiger partial charge in [-0.05, 0) is 35.4 Å². The first-order valence-corrected chi connectivity index (χ1v) is 11.4. The summed E-state index contributed by atoms with van der Waals surface area (Å²) >= 11 is -2.14. The molecular weight excluding hydrogens is 434 g/mol. The van der Waals surface area contributed by atoms with Gasteiger partial charge in [0.15, 0.2) is 16.9 Å². The van der Waals surface area contributed by atoms with Crippen LogP contribution in [-0.4, -0.2) is 28.7 Å². The highest BCUT2D eigenvalue weighted by atomic mass is 32.2. The Morgan fingerprint density at radius 1 is 0.879 bits per heavy atom. The monoisotopic (exact) mass is 453 g/mol. The lowest BCUT2D eigenvalue weighted by Crippen LogP contribution is -2.06. The molecule has 162 valence electrons. The minimum atomic E-state index is -2.14. The maximum atomic E-state index is 11.5. The first-order chi connectivity index (χ1) is 16.2. The van der Waals surface area contributed by atoms with Gasteiger partial charge in [-0.3, -0.25) is 9.97 Å². The van der Waals surface area contributed by atoms with Crippen LogP contribution in [0.3, 0.4) is 0 Å². The molecule has 0 amide bonds. The Morgan fingerprint density at radius 3 is 2.52 bits per heavy atom. The molecule has 1 atom stereocenters. The van der Waals surface area contributed by atoms with Gasteiger partial charge < -0.3 is 9.87 Å². The molecule has 0 fully saturated rings. The van der Waals surface area contributed by atoms with E-state index in [1.807, 2.05) is 54.6 Å². The molecule has 33 heavy (non-hydrogen) atoms. The van der Waals surface area contributed by atoms with Crippen LogP contribution in [0.15, 0.2) is 96.3 Å². The Balaban J connectivity index is 1.68. The van der Waals surface area contributed by atoms with Crippen LogP contribution in [0.2, 0.25) is 0 Å². The molecule has 7 nitrogen and oxygen atoms in total. The number of benzene rings is 2. The van der Waals surface area contributed by atoms with Crippen molar-refractivity contribution in [3.8, 4) is 22.5 Å². The molecule has 2 N–H and O–H groups in total. The van der Waals surface area contributed by atoms with Crippen molar-refractivity contribution < 1.29 is 8.76 Å². The number of nitrogens with one attached hydrogen (secondary N) is 1. The smallest absolute Gasteiger partial charge is 0.188 e. The van der Waals surface area contributed by atoms with Gasteiger partial charge in [-0.15, -0.1) is 0 Å². The van der Waals surface area contributed by atoms with E-state index in [9.17, 15) is 8.76 Å². The van der Waals surface area contributed by atoms with Crippen LogP contribution in [0.4, 0.5) is 5.82 Å². The average molecular weight is 454 g/mol. The number of pyridine rings is 2. The van der Waals surface area contributed by atoms with Crippen molar-refractivity contribution in [3.63, 3.8) is 0 Å². The number of hydrogen-bond donors (Lipinski definition) is 2. The van der Waals surface area contributed by atoms with Crippen LogP contribution in [0, 0.1) is 0 Å². The highest BCUT2D eigenvalue weighted by molar-refractivity contribution is 7.79. The molecule has 0 aliphatic heterocycles. The Bertz CT molecular complexity index is 1450. The fourth-order valence-electron chi connectivity index (χ4n) is 3.61. The highest BCUT2D eigenvalue weighted by Gasteiger charge is 2.15. The lowest BCUT2D eigenvalue weighted by molar-refractivity contribution is 0.564. The third-order valence-electron chi connectivity index (χ3n) is 5.14. The SMILES string of the molecule is O=S(O)c1cncc(-c2nc(NCc3ccccn3)c3c(-c4ccccc4)cccc3n2)c1. The zero-order valence-electron chi connectivity index (χ0n) is 17.4. The van der Waals surface area contributed by atoms with E-state index in [1.165, 1.54) is 6.20 Å². The van der Waals surface area contributed by atoms with Crippen molar-refractivity contribution in [2.24, 2.45) is 0 Å². The maximum Gasteiger partial charge on any atom is 0.188 e. The van der Waals surface area contributed by atoms with Crippen molar-refractivity contribution in [3.05, 3.63) is 97.1 Å². The molecule has 0 aliphatic carbocycles. The maximum absolute atomic E-state index is 11.5. The van der Waals surface area contributed by atoms with Crippen LogP contribution >= 0.6 is 0 Å². The van der Waals surface area contributed by atoms with E-state index in [0.717, 1.165) is 27.7 Å². The molecule has 2 aromatic carbocycles. The second-order valence-electron chi connectivity index (χ2n) is 7.29. The topological polar surface area (TPSA) is 101 Å². The van der Waals surface area contributed by atoms with Crippen LogP contribution in [0.25, 0.3) is 33.4 Å². The van der Waals surface area contributed by atoms with E-state index >= 15 is 0 Å². The van der Waals surface area contributed by atoms with Gasteiger partial charge in [-0.2, -0.15) is 0 Å². The number of anilines is 1. The Morgan fingerprint density at radius 2 is 1.73 bits per heavy atom. The summed E-state index contributed by atoms with van der Waals surface area (Å²) in [5, 5.41) is 4.31. The molecule has 0 aliphatic rings. The Hall–Kier alpha value is -4.01. The number of hydrogen-bond acceptors (Lipinski definition) is 6. The van der Waals surface area contributed by atoms with Gasteiger partial charge >= 0.3 is 0 Å². The van der Waals surface area contributed by atoms with E-state index < -0.39 is 11.1 Å². The lowest BCUT2D eigenvalue weighted by Gasteiger charge is -2.14. The first kappa shape index (κ1) is 20.9. The predicted octanol–water partition coefficient (Wildman–Crippen LogP) is 4.95. The second kappa shape index (κ2) is 9.23. The van der Waals surface area contributed by atoms with Crippen molar-refractivity contribution in [1.82, 2.24) is 19.9 Å². The van der Waals surface area contributed by atoms with Crippen molar-refractivity contribution in [2.75, 3.05) is 5.32 Å². The lowest BCUT2D eigenvalue weighted by atomic mass is 10.0. The molecule has 1 unspecified atom stereocenters. The summed E-state index contributed by atoms with van der Waals surface area (Å²) in [6, 6.07) is 23.3. The molecular formula is C25H19N5O2S. The molecule has 3 heterocycles. The van der Waals surface area contributed by atoms with E-state index in [2.05, 4.69) is 27.4 Å². The molecule has 0 spiro atoms. The summed E-state index contributed by atoms with van der Waals surface area (Å²) in [7, 11) is 0. The molecule has 3 aromatic heterocycles. The van der Waals surface area contributed by atoms with Gasteiger partial charge in [0.25, 0.3) is 0 Å². The minimum Gasteiger partial charge on any atom is -0.364 e. The van der Waals surface area contributed by atoms with E-state index in [4.69, 9.17) is 9.97 Å². The molecule has 0 saturated heterocycles. The molecule has 5 aromatic rings. The zero-order valence-corrected chi connectivity index (χ0v) is 18.2. The van der Waals surface area contributed by atoms with Crippen molar-refractivity contribution >= 4 is 27.8 Å². The van der Waals surface area contributed by atoms with Gasteiger partial charge in [0.05, 0.1) is 28.0 Å². The van der Waals surface area contributed by atoms with Gasteiger partial charge in [0.2, 0.25) is 0 Å². The van der Waals surface area contributed by atoms with Gasteiger partial charge in [0.1, 0.15) is 5.82 Å². The predicted molar refractivity (Wildman–Crippen MR) is 129 cm³/mol. The molecule has 0 bridgehead atoms. The normalized spacial score (nSPS) is 11.9. The fraction of sp³-hybridized carbons (Fsp3) is 0.0400. The number of aromatic nitrogens is 4. The van der Waals surface area contributed by atoms with Crippen LogP contribution < -0.4 is 5.32 Å². The van der Waals surface area contributed by atoms with Crippen molar-refractivity contribution in [2.45, 2.75) is 11.4 Å². The molecule has 0 radical (unpaired) electrons. The van der Waals surface area contributed by atoms with Crippen LogP contribution in [0.1, 0.15) is 5.69 Å². The summed E-state index contributed by atoms with van der Waals surface area (Å²) in [4.78, 5) is 18.2. The fourth-order valence-corrected chi connectivity index (χ4v) is 3.99. The molecule has 0 saturated carbocycles. The van der Waals surface area contributed by atoms with E-state index in [0.29, 0.717) is 23.8 Å². The number of fused-ring (bicyclic) bond motifs is 1. The van der Waals surface area contributed by atoms with Crippen LogP contribution in [0.5, 0.6) is 0 Å². The third-order valence-corrected chi connectivity index (χ3v) is 5.77. The van der Waals surface area contributed by atoms with Gasteiger partial charge in [-0.25, -0.2) is 14.2 Å². The standard InChI is InChI=1S/C25H19N5O2S/c31-33(32)20-13-18(14-26-16-20)24-29-22-11-6-10-21(17-7-2-1-3-8-17)23(22)25(30-24)28-15-19-9-4-5-12-27-19/h1-14,16H,15H2,(H,31,32)(H,28,29,30). The highest BCUT2D eigenvalue weighted by Crippen LogP contribution is 2.34. The van der Waals surface area contributed by atoms with Gasteiger partial charge in [0, 0.05) is 24.2 Å². The third kappa shape index (κ3) is 4.48. The molecule has 8 heteroatoms. The second-order valence-corrected chi connectivity index (χ2v) is 8.26. The Kier molecular flexibility index (Phi) is 5.84. The minimum absolute atomic E-state index is 0.192. The van der Waals surface area contributed by atoms with Gasteiger partial charge in [-0.1, -0.05) is 48.5 Å². The number of rotatable bonds is 6. The Labute approximate surface area is 192 Å².